The zero-order valence-corrected chi connectivity index (χ0v) is 22.6. The van der Waals surface area contributed by atoms with E-state index >= 15 is 0 Å². The van der Waals surface area contributed by atoms with Crippen molar-refractivity contribution in [3.63, 3.8) is 0 Å². The van der Waals surface area contributed by atoms with Crippen molar-refractivity contribution in [3.8, 4) is 0 Å². The highest BCUT2D eigenvalue weighted by atomic mass is 127. The minimum Gasteiger partial charge on any atom is -0.387 e. The van der Waals surface area contributed by atoms with Gasteiger partial charge in [0.1, 0.15) is 0 Å². The van der Waals surface area contributed by atoms with Crippen molar-refractivity contribution in [2.24, 2.45) is 10.4 Å². The molecule has 0 aromatic carbocycles. The highest BCUT2D eigenvalue weighted by molar-refractivity contribution is 14.0. The molecule has 1 saturated carbocycles. The van der Waals surface area contributed by atoms with Gasteiger partial charge < -0.3 is 25.2 Å². The average molecular weight is 568 g/mol. The van der Waals surface area contributed by atoms with Crippen molar-refractivity contribution in [1.29, 1.82) is 0 Å². The van der Waals surface area contributed by atoms with Crippen LogP contribution in [0.1, 0.15) is 46.0 Å². The molecule has 2 saturated heterocycles. The number of morpholine rings is 2. The van der Waals surface area contributed by atoms with E-state index in [9.17, 15) is 5.11 Å². The van der Waals surface area contributed by atoms with Gasteiger partial charge in [-0.3, -0.25) is 14.8 Å². The molecule has 0 aromatic rings. The van der Waals surface area contributed by atoms with Crippen LogP contribution in [0, 0.1) is 5.41 Å². The molecule has 1 aliphatic carbocycles. The Balaban J connectivity index is 0.00000363. The summed E-state index contributed by atoms with van der Waals surface area (Å²) in [4.78, 5) is 9.61. The molecule has 188 valence electrons. The SMILES string of the molecule is CCNC(=NCC(C)(O)CN1CCOCC1)NCC1(CN2CCOCC2)CCCCC1.I. The van der Waals surface area contributed by atoms with Crippen LogP contribution in [-0.2, 0) is 9.47 Å². The monoisotopic (exact) mass is 567 g/mol. The standard InChI is InChI=1S/C23H45N5O3.HI/c1-3-24-21(25-17-22(2,29)19-27-9-13-30-14-10-27)26-18-23(7-5-4-6-8-23)20-28-11-15-31-16-12-28;/h29H,3-20H2,1-2H3,(H2,24,25,26);1H. The summed E-state index contributed by atoms with van der Waals surface area (Å²) in [5.41, 5.74) is -0.557. The molecule has 0 radical (unpaired) electrons. The quantitative estimate of drug-likeness (QED) is 0.222. The molecule has 3 N–H and O–H groups in total. The molecular weight excluding hydrogens is 521 g/mol. The third-order valence-corrected chi connectivity index (χ3v) is 6.80. The predicted molar refractivity (Wildman–Crippen MR) is 140 cm³/mol. The topological polar surface area (TPSA) is 81.6 Å². The number of rotatable bonds is 9. The van der Waals surface area contributed by atoms with E-state index in [4.69, 9.17) is 14.5 Å². The molecule has 2 aliphatic heterocycles. The van der Waals surface area contributed by atoms with Crippen molar-refractivity contribution in [2.45, 2.75) is 51.6 Å². The summed E-state index contributed by atoms with van der Waals surface area (Å²) in [7, 11) is 0. The molecule has 32 heavy (non-hydrogen) atoms. The fraction of sp³-hybridized carbons (Fsp3) is 0.957. The van der Waals surface area contributed by atoms with Gasteiger partial charge in [-0.25, -0.2) is 0 Å². The van der Waals surface area contributed by atoms with Crippen molar-refractivity contribution < 1.29 is 14.6 Å². The summed E-state index contributed by atoms with van der Waals surface area (Å²) in [6.45, 7) is 14.9. The molecule has 2 heterocycles. The number of β-amino-alcohol motifs (C(OH)–C–C–N with tert-alkyl or cyclic N) is 1. The van der Waals surface area contributed by atoms with Gasteiger partial charge in [0, 0.05) is 57.8 Å². The molecule has 0 bridgehead atoms. The van der Waals surface area contributed by atoms with E-state index in [-0.39, 0.29) is 24.0 Å². The minimum atomic E-state index is -0.851. The summed E-state index contributed by atoms with van der Waals surface area (Å²) >= 11 is 0. The van der Waals surface area contributed by atoms with E-state index in [1.54, 1.807) is 0 Å². The molecule has 3 fully saturated rings. The molecule has 8 nitrogen and oxygen atoms in total. The smallest absolute Gasteiger partial charge is 0.191 e. The van der Waals surface area contributed by atoms with Gasteiger partial charge in [0.15, 0.2) is 5.96 Å². The molecule has 1 unspecified atom stereocenters. The maximum Gasteiger partial charge on any atom is 0.191 e. The number of nitrogens with zero attached hydrogens (tertiary/aromatic N) is 3. The van der Waals surface area contributed by atoms with Crippen LogP contribution in [0.25, 0.3) is 0 Å². The third-order valence-electron chi connectivity index (χ3n) is 6.80. The first-order chi connectivity index (χ1) is 15.0. The number of aliphatic imine (C=N–C) groups is 1. The Bertz CT molecular complexity index is 546. The lowest BCUT2D eigenvalue weighted by molar-refractivity contribution is -0.0180. The number of aliphatic hydroxyl groups is 1. The van der Waals surface area contributed by atoms with Gasteiger partial charge in [0.2, 0.25) is 0 Å². The molecule has 0 amide bonds. The first kappa shape index (κ1) is 28.0. The number of hydrogen-bond donors (Lipinski definition) is 3. The minimum absolute atomic E-state index is 0. The van der Waals surface area contributed by atoms with Crippen molar-refractivity contribution in [2.75, 3.05) is 85.3 Å². The van der Waals surface area contributed by atoms with E-state index in [0.717, 1.165) is 78.2 Å². The van der Waals surface area contributed by atoms with Gasteiger partial charge in [-0.2, -0.15) is 0 Å². The van der Waals surface area contributed by atoms with Gasteiger partial charge in [-0.15, -0.1) is 24.0 Å². The summed E-state index contributed by atoms with van der Waals surface area (Å²) in [6.07, 6.45) is 6.52. The fourth-order valence-corrected chi connectivity index (χ4v) is 5.08. The molecule has 9 heteroatoms. The Morgan fingerprint density at radius 1 is 0.969 bits per heavy atom. The highest BCUT2D eigenvalue weighted by Gasteiger charge is 2.34. The number of guanidine groups is 1. The maximum atomic E-state index is 10.9. The second-order valence-electron chi connectivity index (χ2n) is 9.88. The lowest BCUT2D eigenvalue weighted by atomic mass is 9.73. The Hall–Kier alpha value is -0.200. The number of ether oxygens (including phenoxy) is 2. The summed E-state index contributed by atoms with van der Waals surface area (Å²) in [5.74, 6) is 0.816. The number of hydrogen-bond acceptors (Lipinski definition) is 6. The van der Waals surface area contributed by atoms with Crippen molar-refractivity contribution >= 4 is 29.9 Å². The molecule has 0 aromatic heterocycles. The van der Waals surface area contributed by atoms with E-state index < -0.39 is 5.60 Å². The highest BCUT2D eigenvalue weighted by Crippen LogP contribution is 2.36. The number of nitrogens with one attached hydrogen (secondary N) is 2. The fourth-order valence-electron chi connectivity index (χ4n) is 5.08. The van der Waals surface area contributed by atoms with Crippen molar-refractivity contribution in [1.82, 2.24) is 20.4 Å². The summed E-state index contributed by atoms with van der Waals surface area (Å²) in [6, 6.07) is 0. The van der Waals surface area contributed by atoms with Gasteiger partial charge in [-0.05, 0) is 26.7 Å². The normalized spacial score (nSPS) is 24.9. The molecule has 3 rings (SSSR count). The van der Waals surface area contributed by atoms with Crippen LogP contribution in [0.4, 0.5) is 0 Å². The van der Waals surface area contributed by atoms with E-state index in [2.05, 4.69) is 27.4 Å². The van der Waals surface area contributed by atoms with E-state index in [1.807, 2.05) is 6.92 Å². The van der Waals surface area contributed by atoms with Gasteiger partial charge >= 0.3 is 0 Å². The second-order valence-corrected chi connectivity index (χ2v) is 9.88. The molecule has 1 atom stereocenters. The van der Waals surface area contributed by atoms with Crippen LogP contribution in [0.3, 0.4) is 0 Å². The Labute approximate surface area is 211 Å². The first-order valence-electron chi connectivity index (χ1n) is 12.4. The Morgan fingerprint density at radius 3 is 2.16 bits per heavy atom. The third kappa shape index (κ3) is 9.58. The van der Waals surface area contributed by atoms with Crippen molar-refractivity contribution in [3.05, 3.63) is 0 Å². The molecule has 0 spiro atoms. The lowest BCUT2D eigenvalue weighted by Crippen LogP contribution is -2.51. The predicted octanol–water partition coefficient (Wildman–Crippen LogP) is 1.53. The van der Waals surface area contributed by atoms with Gasteiger partial charge in [0.25, 0.3) is 0 Å². The summed E-state index contributed by atoms with van der Waals surface area (Å²) in [5, 5.41) is 17.9. The van der Waals surface area contributed by atoms with Gasteiger partial charge in [-0.1, -0.05) is 19.3 Å². The van der Waals surface area contributed by atoms with Gasteiger partial charge in [0.05, 0.1) is 38.6 Å². The van der Waals surface area contributed by atoms with Crippen LogP contribution >= 0.6 is 24.0 Å². The summed E-state index contributed by atoms with van der Waals surface area (Å²) < 4.78 is 11.0. The van der Waals surface area contributed by atoms with Crippen LogP contribution < -0.4 is 10.6 Å². The Morgan fingerprint density at radius 2 is 1.56 bits per heavy atom. The largest absolute Gasteiger partial charge is 0.387 e. The average Bonchev–Trinajstić information content (AvgIpc) is 2.77. The van der Waals surface area contributed by atoms with Crippen LogP contribution in [0.15, 0.2) is 4.99 Å². The van der Waals surface area contributed by atoms with E-state index in [0.29, 0.717) is 18.5 Å². The Kier molecular flexibility index (Phi) is 12.5. The molecule has 3 aliphatic rings. The lowest BCUT2D eigenvalue weighted by Gasteiger charge is -2.42. The van der Waals surface area contributed by atoms with Crippen LogP contribution in [0.2, 0.25) is 0 Å². The molecular formula is C23H46IN5O3. The van der Waals surface area contributed by atoms with Crippen LogP contribution in [0.5, 0.6) is 0 Å². The zero-order chi connectivity index (χ0) is 22.0. The van der Waals surface area contributed by atoms with E-state index in [1.165, 1.54) is 32.1 Å². The second kappa shape index (κ2) is 14.3. The number of halogens is 1. The maximum absolute atomic E-state index is 10.9. The first-order valence-corrected chi connectivity index (χ1v) is 12.4. The zero-order valence-electron chi connectivity index (χ0n) is 20.2. The van der Waals surface area contributed by atoms with Crippen LogP contribution in [-0.4, -0.2) is 112 Å².